The average Bonchev–Trinajstić information content (AvgIpc) is 2.78. The van der Waals surface area contributed by atoms with Crippen molar-refractivity contribution < 1.29 is 27.4 Å². The summed E-state index contributed by atoms with van der Waals surface area (Å²) >= 11 is 0. The predicted molar refractivity (Wildman–Crippen MR) is 118 cm³/mol. The van der Waals surface area contributed by atoms with Crippen LogP contribution in [0.25, 0.3) is 11.1 Å². The number of aryl methyl sites for hydroxylation is 1. The second-order valence-electron chi connectivity index (χ2n) is 7.52. The van der Waals surface area contributed by atoms with Crippen molar-refractivity contribution >= 4 is 5.97 Å². The first-order chi connectivity index (χ1) is 15.3. The van der Waals surface area contributed by atoms with Gasteiger partial charge in [-0.2, -0.15) is 13.2 Å². The summed E-state index contributed by atoms with van der Waals surface area (Å²) in [5.74, 6) is -2.25. The van der Waals surface area contributed by atoms with Crippen molar-refractivity contribution in [2.24, 2.45) is 0 Å². The average molecular weight is 442 g/mol. The molecule has 0 aliphatic heterocycles. The zero-order valence-corrected chi connectivity index (χ0v) is 18.0. The van der Waals surface area contributed by atoms with Gasteiger partial charge in [0, 0.05) is 0 Å². The molecule has 0 heterocycles. The van der Waals surface area contributed by atoms with Crippen LogP contribution >= 0.6 is 0 Å². The minimum absolute atomic E-state index is 0.0166. The second kappa shape index (κ2) is 10.4. The lowest BCUT2D eigenvalue weighted by molar-refractivity contribution is -0.162. The van der Waals surface area contributed by atoms with Crippen LogP contribution in [0.1, 0.15) is 36.8 Å². The van der Waals surface area contributed by atoms with Crippen LogP contribution in [0.15, 0.2) is 72.8 Å². The molecule has 0 aliphatic carbocycles. The number of benzene rings is 3. The molecule has 0 fully saturated rings. The van der Waals surface area contributed by atoms with E-state index in [1.807, 2.05) is 12.1 Å². The Kier molecular flexibility index (Phi) is 7.57. The van der Waals surface area contributed by atoms with Crippen molar-refractivity contribution in [2.45, 2.75) is 38.3 Å². The molecule has 0 bridgehead atoms. The summed E-state index contributed by atoms with van der Waals surface area (Å²) in [6.07, 6.45) is -3.30. The summed E-state index contributed by atoms with van der Waals surface area (Å²) in [4.78, 5) is 12.3. The zero-order chi connectivity index (χ0) is 23.1. The summed E-state index contributed by atoms with van der Waals surface area (Å²) in [6, 6.07) is 20.4. The lowest BCUT2D eigenvalue weighted by atomic mass is 9.95. The number of carbonyl (C=O) groups is 1. The number of halogens is 3. The molecule has 3 aromatic rings. The highest BCUT2D eigenvalue weighted by atomic mass is 19.4. The molecular formula is C26H25F3O3. The van der Waals surface area contributed by atoms with Gasteiger partial charge in [0.15, 0.2) is 0 Å². The minimum Gasteiger partial charge on any atom is -0.497 e. The van der Waals surface area contributed by atoms with Gasteiger partial charge in [-0.15, -0.1) is 0 Å². The number of hydrogen-bond donors (Lipinski definition) is 0. The van der Waals surface area contributed by atoms with Gasteiger partial charge < -0.3 is 9.47 Å². The van der Waals surface area contributed by atoms with Crippen LogP contribution in [0.2, 0.25) is 0 Å². The highest BCUT2D eigenvalue weighted by Gasteiger charge is 2.42. The van der Waals surface area contributed by atoms with Crippen molar-refractivity contribution in [3.8, 4) is 22.6 Å². The normalized spacial score (nSPS) is 12.3. The number of carbonyl (C=O) groups excluding carboxylic acids is 1. The Hall–Kier alpha value is -3.28. The standard InChI is InChI=1S/C26H25F3O3/c1-3-4-18-5-7-19(8-6-18)20-9-15-23(16-10-20)32-25(30)17-24(26(27,28)29)21-11-13-22(31-2)14-12-21/h5-16,24H,3-4,17H2,1-2H3/t24-/m0/s1. The predicted octanol–water partition coefficient (Wildman–Crippen LogP) is 6.96. The number of methoxy groups -OCH3 is 1. The largest absolute Gasteiger partial charge is 0.497 e. The molecule has 0 saturated heterocycles. The van der Waals surface area contributed by atoms with Crippen LogP contribution in [0.3, 0.4) is 0 Å². The number of rotatable bonds is 8. The van der Waals surface area contributed by atoms with E-state index in [0.29, 0.717) is 5.75 Å². The SMILES string of the molecule is CCCc1ccc(-c2ccc(OC(=O)C[C@@H](c3ccc(OC)cc3)C(F)(F)F)cc2)cc1. The number of ether oxygens (including phenoxy) is 2. The van der Waals surface area contributed by atoms with Gasteiger partial charge in [0.1, 0.15) is 11.5 Å². The fraction of sp³-hybridized carbons (Fsp3) is 0.269. The zero-order valence-electron chi connectivity index (χ0n) is 18.0. The lowest BCUT2D eigenvalue weighted by Gasteiger charge is -2.20. The molecule has 0 spiro atoms. The maximum Gasteiger partial charge on any atom is 0.396 e. The van der Waals surface area contributed by atoms with Crippen LogP contribution in [0, 0.1) is 0 Å². The van der Waals surface area contributed by atoms with Crippen LogP contribution in [0.5, 0.6) is 11.5 Å². The monoisotopic (exact) mass is 442 g/mol. The van der Waals surface area contributed by atoms with E-state index >= 15 is 0 Å². The third kappa shape index (κ3) is 6.13. The maximum absolute atomic E-state index is 13.6. The number of alkyl halides is 3. The number of hydrogen-bond acceptors (Lipinski definition) is 3. The molecule has 3 aromatic carbocycles. The van der Waals surface area contributed by atoms with Crippen molar-refractivity contribution in [2.75, 3.05) is 7.11 Å². The minimum atomic E-state index is -4.58. The van der Waals surface area contributed by atoms with E-state index in [9.17, 15) is 18.0 Å². The van der Waals surface area contributed by atoms with E-state index in [4.69, 9.17) is 9.47 Å². The van der Waals surface area contributed by atoms with Crippen molar-refractivity contribution in [1.82, 2.24) is 0 Å². The molecule has 0 aliphatic rings. The summed E-state index contributed by atoms with van der Waals surface area (Å²) in [5.41, 5.74) is 3.19. The van der Waals surface area contributed by atoms with E-state index in [2.05, 4.69) is 19.1 Å². The molecule has 0 unspecified atom stereocenters. The first-order valence-corrected chi connectivity index (χ1v) is 10.4. The van der Waals surface area contributed by atoms with Gasteiger partial charge in [-0.3, -0.25) is 4.79 Å². The number of esters is 1. The molecule has 3 nitrogen and oxygen atoms in total. The Labute approximate surface area is 185 Å². The Balaban J connectivity index is 1.67. The van der Waals surface area contributed by atoms with E-state index in [1.165, 1.54) is 36.9 Å². The Bertz CT molecular complexity index is 1010. The Morgan fingerprint density at radius 2 is 1.38 bits per heavy atom. The van der Waals surface area contributed by atoms with Crippen LogP contribution in [-0.4, -0.2) is 19.3 Å². The van der Waals surface area contributed by atoms with Crippen LogP contribution in [0.4, 0.5) is 13.2 Å². The quantitative estimate of drug-likeness (QED) is 0.280. The topological polar surface area (TPSA) is 35.5 Å². The van der Waals surface area contributed by atoms with Gasteiger partial charge in [-0.25, -0.2) is 0 Å². The van der Waals surface area contributed by atoms with Gasteiger partial charge in [0.25, 0.3) is 0 Å². The molecule has 3 rings (SSSR count). The van der Waals surface area contributed by atoms with Crippen molar-refractivity contribution in [1.29, 1.82) is 0 Å². The third-order valence-corrected chi connectivity index (χ3v) is 5.20. The first-order valence-electron chi connectivity index (χ1n) is 10.4. The smallest absolute Gasteiger partial charge is 0.396 e. The third-order valence-electron chi connectivity index (χ3n) is 5.20. The van der Waals surface area contributed by atoms with E-state index < -0.39 is 24.5 Å². The summed E-state index contributed by atoms with van der Waals surface area (Å²) in [6.45, 7) is 2.13. The summed E-state index contributed by atoms with van der Waals surface area (Å²) in [7, 11) is 1.43. The molecule has 0 aromatic heterocycles. The second-order valence-corrected chi connectivity index (χ2v) is 7.52. The molecule has 0 saturated carbocycles. The van der Waals surface area contributed by atoms with Gasteiger partial charge >= 0.3 is 12.1 Å². The van der Waals surface area contributed by atoms with Crippen LogP contribution < -0.4 is 9.47 Å². The van der Waals surface area contributed by atoms with Crippen LogP contribution in [-0.2, 0) is 11.2 Å². The molecular weight excluding hydrogens is 417 g/mol. The van der Waals surface area contributed by atoms with E-state index in [-0.39, 0.29) is 11.3 Å². The molecule has 0 radical (unpaired) electrons. The Morgan fingerprint density at radius 3 is 1.88 bits per heavy atom. The highest BCUT2D eigenvalue weighted by molar-refractivity contribution is 5.74. The van der Waals surface area contributed by atoms with Gasteiger partial charge in [-0.05, 0) is 52.9 Å². The van der Waals surface area contributed by atoms with Crippen molar-refractivity contribution in [3.05, 3.63) is 83.9 Å². The van der Waals surface area contributed by atoms with Gasteiger partial charge in [-0.1, -0.05) is 61.9 Å². The molecule has 1 atom stereocenters. The molecule has 0 N–H and O–H groups in total. The highest BCUT2D eigenvalue weighted by Crippen LogP contribution is 2.38. The fourth-order valence-corrected chi connectivity index (χ4v) is 3.47. The van der Waals surface area contributed by atoms with E-state index in [0.717, 1.165) is 24.0 Å². The first kappa shape index (κ1) is 23.4. The lowest BCUT2D eigenvalue weighted by Crippen LogP contribution is -2.25. The summed E-state index contributed by atoms with van der Waals surface area (Å²) in [5, 5.41) is 0. The van der Waals surface area contributed by atoms with Crippen molar-refractivity contribution in [3.63, 3.8) is 0 Å². The molecule has 32 heavy (non-hydrogen) atoms. The maximum atomic E-state index is 13.6. The van der Waals surface area contributed by atoms with Gasteiger partial charge in [0.2, 0.25) is 0 Å². The van der Waals surface area contributed by atoms with Gasteiger partial charge in [0.05, 0.1) is 19.4 Å². The molecule has 0 amide bonds. The molecule has 168 valence electrons. The fourth-order valence-electron chi connectivity index (χ4n) is 3.47. The summed E-state index contributed by atoms with van der Waals surface area (Å²) < 4.78 is 50.9. The molecule has 6 heteroatoms. The Morgan fingerprint density at radius 1 is 0.844 bits per heavy atom. The van der Waals surface area contributed by atoms with E-state index in [1.54, 1.807) is 24.3 Å².